The molecule has 2 N–H and O–H groups in total. The van der Waals surface area contributed by atoms with Crippen molar-refractivity contribution in [3.63, 3.8) is 0 Å². The summed E-state index contributed by atoms with van der Waals surface area (Å²) in [6, 6.07) is 21.9. The Morgan fingerprint density at radius 1 is 1.03 bits per heavy atom. The van der Waals surface area contributed by atoms with E-state index in [4.69, 9.17) is 4.74 Å². The predicted octanol–water partition coefficient (Wildman–Crippen LogP) is 5.20. The summed E-state index contributed by atoms with van der Waals surface area (Å²) in [6.07, 6.45) is -2.32. The summed E-state index contributed by atoms with van der Waals surface area (Å²) in [5.41, 5.74) is -1.65. The molecule has 1 amide bonds. The zero-order valence-electron chi connectivity index (χ0n) is 17.2. The van der Waals surface area contributed by atoms with Crippen LogP contribution in [0.2, 0.25) is 0 Å². The molecule has 3 rings (SSSR count). The highest BCUT2D eigenvalue weighted by molar-refractivity contribution is 5.87. The van der Waals surface area contributed by atoms with Crippen molar-refractivity contribution in [2.24, 2.45) is 0 Å². The lowest BCUT2D eigenvalue weighted by Gasteiger charge is -2.28. The van der Waals surface area contributed by atoms with Crippen LogP contribution < -0.4 is 10.1 Å². The standard InChI is InChI=1S/C25H25F2NO3/c1-2-23(26)25(27,24(30)28-16-18-9-5-3-6-10-18)20-13-21(29)15-22(14-20)31-17-19-11-7-4-8-12-19/h3-15,23,29H,2,16-17H2,1H3,(H,28,30). The van der Waals surface area contributed by atoms with Crippen molar-refractivity contribution in [2.75, 3.05) is 0 Å². The van der Waals surface area contributed by atoms with Crippen molar-refractivity contribution < 1.29 is 23.4 Å². The molecule has 0 aliphatic heterocycles. The van der Waals surface area contributed by atoms with Crippen molar-refractivity contribution in [1.29, 1.82) is 0 Å². The Morgan fingerprint density at radius 3 is 2.26 bits per heavy atom. The van der Waals surface area contributed by atoms with E-state index >= 15 is 4.39 Å². The van der Waals surface area contributed by atoms with Crippen LogP contribution in [0, 0.1) is 0 Å². The number of phenols is 1. The number of ether oxygens (including phenoxy) is 1. The molecule has 31 heavy (non-hydrogen) atoms. The molecule has 0 aliphatic carbocycles. The molecule has 0 fully saturated rings. The van der Waals surface area contributed by atoms with Gasteiger partial charge >= 0.3 is 0 Å². The molecule has 3 aromatic rings. The number of phenolic OH excluding ortho intramolecular Hbond substituents is 1. The molecular formula is C25H25F2NO3. The molecule has 0 bridgehead atoms. The van der Waals surface area contributed by atoms with Crippen molar-refractivity contribution in [3.05, 3.63) is 95.6 Å². The summed E-state index contributed by atoms with van der Waals surface area (Å²) < 4.78 is 36.4. The Labute approximate surface area is 180 Å². The van der Waals surface area contributed by atoms with Gasteiger partial charge in [-0.1, -0.05) is 67.6 Å². The number of alkyl halides is 2. The van der Waals surface area contributed by atoms with E-state index in [2.05, 4.69) is 5.32 Å². The van der Waals surface area contributed by atoms with E-state index in [0.717, 1.165) is 17.2 Å². The smallest absolute Gasteiger partial charge is 0.265 e. The monoisotopic (exact) mass is 425 g/mol. The molecule has 162 valence electrons. The second kappa shape index (κ2) is 10.1. The average Bonchev–Trinajstić information content (AvgIpc) is 2.81. The van der Waals surface area contributed by atoms with Gasteiger partial charge in [-0.15, -0.1) is 0 Å². The molecule has 0 spiro atoms. The third kappa shape index (κ3) is 5.40. The summed E-state index contributed by atoms with van der Waals surface area (Å²) in [7, 11) is 0. The number of amides is 1. The van der Waals surface area contributed by atoms with Gasteiger partial charge in [0.25, 0.3) is 5.91 Å². The summed E-state index contributed by atoms with van der Waals surface area (Å²) in [4.78, 5) is 12.8. The maximum Gasteiger partial charge on any atom is 0.265 e. The topological polar surface area (TPSA) is 58.6 Å². The van der Waals surface area contributed by atoms with Gasteiger partial charge in [0.05, 0.1) is 0 Å². The molecule has 2 atom stereocenters. The second-order valence-electron chi connectivity index (χ2n) is 7.25. The largest absolute Gasteiger partial charge is 0.508 e. The van der Waals surface area contributed by atoms with E-state index in [9.17, 15) is 14.3 Å². The molecule has 4 nitrogen and oxygen atoms in total. The molecule has 0 saturated heterocycles. The van der Waals surface area contributed by atoms with E-state index in [1.165, 1.54) is 19.1 Å². The number of hydrogen-bond donors (Lipinski definition) is 2. The molecule has 3 aromatic carbocycles. The van der Waals surface area contributed by atoms with Crippen LogP contribution in [-0.4, -0.2) is 17.2 Å². The number of carbonyl (C=O) groups excluding carboxylic acids is 1. The van der Waals surface area contributed by atoms with Crippen LogP contribution in [0.1, 0.15) is 30.0 Å². The zero-order chi connectivity index (χ0) is 22.3. The molecule has 0 heterocycles. The summed E-state index contributed by atoms with van der Waals surface area (Å²) in [6.45, 7) is 1.69. The Hall–Kier alpha value is -3.41. The molecule has 0 radical (unpaired) electrons. The van der Waals surface area contributed by atoms with Crippen LogP contribution in [-0.2, 0) is 23.6 Å². The third-order valence-corrected chi connectivity index (χ3v) is 4.98. The van der Waals surface area contributed by atoms with Crippen LogP contribution in [0.25, 0.3) is 0 Å². The first-order valence-corrected chi connectivity index (χ1v) is 10.1. The first-order valence-electron chi connectivity index (χ1n) is 10.1. The quantitative estimate of drug-likeness (QED) is 0.495. The van der Waals surface area contributed by atoms with Crippen LogP contribution >= 0.6 is 0 Å². The van der Waals surface area contributed by atoms with Crippen molar-refractivity contribution >= 4 is 5.91 Å². The fraction of sp³-hybridized carbons (Fsp3) is 0.240. The molecule has 2 unspecified atom stereocenters. The number of rotatable bonds is 9. The minimum atomic E-state index is -2.98. The summed E-state index contributed by atoms with van der Waals surface area (Å²) in [5.74, 6) is -1.29. The second-order valence-corrected chi connectivity index (χ2v) is 7.25. The van der Waals surface area contributed by atoms with Gasteiger partial charge in [0, 0.05) is 18.2 Å². The van der Waals surface area contributed by atoms with E-state index in [0.29, 0.717) is 0 Å². The number of carbonyl (C=O) groups is 1. The zero-order valence-corrected chi connectivity index (χ0v) is 17.2. The fourth-order valence-electron chi connectivity index (χ4n) is 3.26. The lowest BCUT2D eigenvalue weighted by Crippen LogP contribution is -2.47. The van der Waals surface area contributed by atoms with Crippen LogP contribution in [0.4, 0.5) is 8.78 Å². The lowest BCUT2D eigenvalue weighted by atomic mass is 9.88. The van der Waals surface area contributed by atoms with Gasteiger partial charge in [-0.2, -0.15) is 0 Å². The first kappa shape index (κ1) is 22.3. The van der Waals surface area contributed by atoms with Gasteiger partial charge in [-0.05, 0) is 29.7 Å². The number of halogens is 2. The first-order chi connectivity index (χ1) is 14.9. The minimum absolute atomic E-state index is 0.0535. The van der Waals surface area contributed by atoms with Crippen LogP contribution in [0.5, 0.6) is 11.5 Å². The summed E-state index contributed by atoms with van der Waals surface area (Å²) >= 11 is 0. The molecular weight excluding hydrogens is 400 g/mol. The van der Waals surface area contributed by atoms with E-state index in [-0.39, 0.29) is 36.6 Å². The van der Waals surface area contributed by atoms with Crippen LogP contribution in [0.3, 0.4) is 0 Å². The highest BCUT2D eigenvalue weighted by Gasteiger charge is 2.48. The van der Waals surface area contributed by atoms with Gasteiger partial charge < -0.3 is 15.2 Å². The number of benzene rings is 3. The number of aromatic hydroxyl groups is 1. The van der Waals surface area contributed by atoms with Crippen LogP contribution in [0.15, 0.2) is 78.9 Å². The SMILES string of the molecule is CCC(F)C(F)(C(=O)NCc1ccccc1)c1cc(O)cc(OCc2ccccc2)c1. The van der Waals surface area contributed by atoms with Gasteiger partial charge in [0.2, 0.25) is 5.67 Å². The van der Waals surface area contributed by atoms with Gasteiger partial charge in [0.15, 0.2) is 0 Å². The Balaban J connectivity index is 1.84. The predicted molar refractivity (Wildman–Crippen MR) is 115 cm³/mol. The lowest BCUT2D eigenvalue weighted by molar-refractivity contribution is -0.139. The van der Waals surface area contributed by atoms with E-state index in [1.807, 2.05) is 36.4 Å². The molecule has 0 aromatic heterocycles. The number of hydrogen-bond acceptors (Lipinski definition) is 3. The molecule has 0 aliphatic rings. The van der Waals surface area contributed by atoms with Crippen molar-refractivity contribution in [1.82, 2.24) is 5.32 Å². The van der Waals surface area contributed by atoms with Crippen molar-refractivity contribution in [3.8, 4) is 11.5 Å². The third-order valence-electron chi connectivity index (χ3n) is 4.98. The fourth-order valence-corrected chi connectivity index (χ4v) is 3.26. The highest BCUT2D eigenvalue weighted by Crippen LogP contribution is 2.38. The van der Waals surface area contributed by atoms with E-state index in [1.54, 1.807) is 24.3 Å². The molecule has 0 saturated carbocycles. The van der Waals surface area contributed by atoms with Crippen molar-refractivity contribution in [2.45, 2.75) is 38.3 Å². The van der Waals surface area contributed by atoms with E-state index < -0.39 is 17.7 Å². The highest BCUT2D eigenvalue weighted by atomic mass is 19.2. The van der Waals surface area contributed by atoms with Gasteiger partial charge in [0.1, 0.15) is 24.3 Å². The summed E-state index contributed by atoms with van der Waals surface area (Å²) in [5, 5.41) is 12.6. The maximum absolute atomic E-state index is 16.0. The Bertz CT molecular complexity index is 998. The van der Waals surface area contributed by atoms with Gasteiger partial charge in [-0.3, -0.25) is 4.79 Å². The van der Waals surface area contributed by atoms with Gasteiger partial charge in [-0.25, -0.2) is 8.78 Å². The average molecular weight is 425 g/mol. The maximum atomic E-state index is 16.0. The normalized spacial score (nSPS) is 13.8. The number of nitrogens with one attached hydrogen (secondary N) is 1. The molecule has 6 heteroatoms. The Morgan fingerprint density at radius 2 is 1.65 bits per heavy atom. The minimum Gasteiger partial charge on any atom is -0.508 e. The Kier molecular flexibility index (Phi) is 7.23.